The van der Waals surface area contributed by atoms with E-state index in [4.69, 9.17) is 21.9 Å². The second-order valence-corrected chi connectivity index (χ2v) is 27.2. The Kier molecular flexibility index (Phi) is 39.2. The van der Waals surface area contributed by atoms with Gasteiger partial charge in [0.15, 0.2) is 5.78 Å². The first-order valence-electron chi connectivity index (χ1n) is 36.8. The van der Waals surface area contributed by atoms with E-state index in [1.165, 1.54) is 24.3 Å². The summed E-state index contributed by atoms with van der Waals surface area (Å²) in [6.45, 7) is 1.11. The maximum atomic E-state index is 14.8. The third-order valence-corrected chi connectivity index (χ3v) is 17.9. The molecule has 630 valence electrons. The van der Waals surface area contributed by atoms with Gasteiger partial charge in [0.25, 0.3) is 0 Å². The summed E-state index contributed by atoms with van der Waals surface area (Å²) in [4.78, 5) is 276. The van der Waals surface area contributed by atoms with Crippen molar-refractivity contribution in [2.75, 3.05) is 32.0 Å². The number of carbonyl (C=O) groups is 20. The number of carboxylic acid groups (broad SMARTS) is 4. The third kappa shape index (κ3) is 32.5. The Morgan fingerprint density at radius 3 is 1.69 bits per heavy atom. The van der Waals surface area contributed by atoms with E-state index in [-0.39, 0.29) is 37.1 Å². The van der Waals surface area contributed by atoms with Gasteiger partial charge in [-0.05, 0) is 69.3 Å². The molecule has 1 aromatic heterocycles. The van der Waals surface area contributed by atoms with Crippen LogP contribution in [0, 0.1) is 5.92 Å². The van der Waals surface area contributed by atoms with Crippen LogP contribution in [0.1, 0.15) is 146 Å². The number of nitrogens with two attached hydrogens (primary N) is 3. The van der Waals surface area contributed by atoms with Crippen molar-refractivity contribution in [2.24, 2.45) is 17.4 Å². The highest BCUT2D eigenvalue weighted by atomic mass is 16.5. The molecule has 1 fully saturated rings. The molecule has 0 spiro atoms. The molecule has 1 aliphatic rings. The van der Waals surface area contributed by atoms with Crippen molar-refractivity contribution in [2.45, 2.75) is 209 Å². The number of H-pyrrole nitrogens is 1. The molecule has 43 nitrogen and oxygen atoms in total. The van der Waals surface area contributed by atoms with Crippen LogP contribution in [0.4, 0.5) is 5.69 Å². The van der Waals surface area contributed by atoms with Crippen LogP contribution in [-0.4, -0.2) is 248 Å². The highest BCUT2D eigenvalue weighted by Gasteiger charge is 2.41. The van der Waals surface area contributed by atoms with Crippen molar-refractivity contribution in [1.29, 1.82) is 0 Å². The van der Waals surface area contributed by atoms with E-state index in [1.807, 2.05) is 16.0 Å². The summed E-state index contributed by atoms with van der Waals surface area (Å²) in [7, 11) is 0. The van der Waals surface area contributed by atoms with Gasteiger partial charge in [-0.3, -0.25) is 91.1 Å². The normalized spacial score (nSPS) is 21.2. The lowest BCUT2D eigenvalue weighted by Gasteiger charge is -2.30. The number of aromatic amines is 1. The molecule has 13 atom stereocenters. The molecular weight excluding hydrogens is 1520 g/mol. The van der Waals surface area contributed by atoms with Crippen LogP contribution in [0.5, 0.6) is 0 Å². The maximum absolute atomic E-state index is 14.8. The number of aromatic nitrogens is 1. The number of aliphatic hydroxyl groups excluding tert-OH is 1. The Morgan fingerprint density at radius 2 is 1.09 bits per heavy atom. The molecule has 1 aliphatic heterocycles. The van der Waals surface area contributed by atoms with Crippen LogP contribution >= 0.6 is 0 Å². The molecule has 0 saturated carbocycles. The van der Waals surface area contributed by atoms with Gasteiger partial charge in [-0.25, -0.2) is 4.79 Å². The van der Waals surface area contributed by atoms with Crippen LogP contribution in [0.25, 0.3) is 10.9 Å². The van der Waals surface area contributed by atoms with E-state index in [1.54, 1.807) is 30.5 Å². The summed E-state index contributed by atoms with van der Waals surface area (Å²) in [6.07, 6.45) is -2.33. The molecule has 25 N–H and O–H groups in total. The van der Waals surface area contributed by atoms with Crippen LogP contribution in [-0.2, 0) is 102 Å². The van der Waals surface area contributed by atoms with Crippen molar-refractivity contribution in [3.8, 4) is 0 Å². The molecule has 0 bridgehead atoms. The number of para-hydroxylation sites is 2. The number of benzene rings is 2. The molecular formula is C72H101N17O26. The summed E-state index contributed by atoms with van der Waals surface area (Å²) < 4.78 is 5.68. The molecule has 2 heterocycles. The zero-order chi connectivity index (χ0) is 85.8. The molecule has 2 unspecified atom stereocenters. The zero-order valence-corrected chi connectivity index (χ0v) is 63.6. The average molecular weight is 1620 g/mol. The van der Waals surface area contributed by atoms with E-state index in [0.29, 0.717) is 29.3 Å². The maximum Gasteiger partial charge on any atom is 0.329 e. The van der Waals surface area contributed by atoms with Crippen LogP contribution in [0.2, 0.25) is 0 Å². The number of esters is 1. The Bertz CT molecular complexity index is 4040. The van der Waals surface area contributed by atoms with Gasteiger partial charge >= 0.3 is 29.8 Å². The third-order valence-electron chi connectivity index (χ3n) is 17.9. The lowest BCUT2D eigenvalue weighted by Crippen LogP contribution is -2.62. The smallest absolute Gasteiger partial charge is 0.329 e. The predicted octanol–water partition coefficient (Wildman–Crippen LogP) is -5.62. The molecule has 14 amide bonds. The van der Waals surface area contributed by atoms with Crippen molar-refractivity contribution in [1.82, 2.24) is 74.1 Å². The molecule has 115 heavy (non-hydrogen) atoms. The molecule has 1 saturated heterocycles. The van der Waals surface area contributed by atoms with Gasteiger partial charge in [0, 0.05) is 47.6 Å². The molecule has 0 radical (unpaired) electrons. The quantitative estimate of drug-likeness (QED) is 0.0113. The Hall–Kier alpha value is -12.7. The molecule has 3 aromatic rings. The number of amides is 14. The number of hydrogen-bond acceptors (Lipinski definition) is 24. The van der Waals surface area contributed by atoms with E-state index >= 15 is 0 Å². The van der Waals surface area contributed by atoms with Crippen LogP contribution in [0.3, 0.4) is 0 Å². The number of rotatable bonds is 35. The Morgan fingerprint density at radius 1 is 0.548 bits per heavy atom. The first kappa shape index (κ1) is 94.7. The first-order valence-corrected chi connectivity index (χ1v) is 36.8. The van der Waals surface area contributed by atoms with Crippen LogP contribution in [0.15, 0.2) is 54.7 Å². The van der Waals surface area contributed by atoms with Gasteiger partial charge in [0.2, 0.25) is 82.7 Å². The monoisotopic (exact) mass is 1620 g/mol. The Labute approximate surface area is 657 Å². The van der Waals surface area contributed by atoms with E-state index in [9.17, 15) is 121 Å². The van der Waals surface area contributed by atoms with Gasteiger partial charge in [-0.1, -0.05) is 82.7 Å². The number of carbonyl (C=O) groups excluding carboxylic acids is 16. The number of fused-ring (bicyclic) bond motifs is 1. The molecule has 43 heteroatoms. The summed E-state index contributed by atoms with van der Waals surface area (Å²) >= 11 is 0. The second kappa shape index (κ2) is 47.6. The Balaban J connectivity index is 1.87. The SMILES string of the molecule is CCCCCCCCCC(=O)N[C@@H](Cc1c[nH]c2ccccc12)C(=O)N[C@H](CC(N)=O)C(=O)N[C@@H](CC(=O)O)C(=O)N[C@@H]1C(=O)NCC(=O)N[C@@H](CCCN)C(=O)N[C@@H](CC(=O)O)C(=O)N[C@H](C)C(=O)N[C@@H](CC(=O)O)C(=O)NCC(=O)N[C@H](CO)C(=O)NC(C(C)CC(=O)O)C(=O)N[C@@H](CC(=O)c2ccccc2N)C(=O)O[C@@H]1C. The van der Waals surface area contributed by atoms with E-state index < -0.39 is 261 Å². The second-order valence-electron chi connectivity index (χ2n) is 27.2. The fraction of sp³-hybridized carbons (Fsp3) is 0.528. The van der Waals surface area contributed by atoms with E-state index in [0.717, 1.165) is 52.9 Å². The van der Waals surface area contributed by atoms with Crippen LogP contribution < -0.4 is 86.3 Å². The number of ketones is 1. The number of Topliss-reactive ketones (excluding diaryl/α,β-unsaturated/α-hetero) is 1. The number of nitrogens with one attached hydrogen (secondary N) is 14. The molecule has 2 aromatic carbocycles. The fourth-order valence-corrected chi connectivity index (χ4v) is 11.7. The molecule has 0 aliphatic carbocycles. The number of aliphatic hydroxyl groups is 1. The topological polar surface area (TPSA) is 702 Å². The van der Waals surface area contributed by atoms with Gasteiger partial charge in [-0.2, -0.15) is 0 Å². The minimum atomic E-state index is -2.45. The number of carboxylic acids is 4. The number of ether oxygens (including phenoxy) is 1. The minimum absolute atomic E-state index is 0.0186. The zero-order valence-electron chi connectivity index (χ0n) is 63.6. The number of aliphatic carboxylic acids is 4. The standard InChI is InChI=1S/C72H101N17O26/c1-5-6-7-8-9-10-11-22-53(93)81-44(25-38-31-76-42-20-15-13-17-39(38)42)66(108)84-45(27-52(75)92)67(109)86-48(30-59(102)103)68(110)89-61-37(4)115-72(114)49(26-51(91)40-18-12-14-19-41(40)74)87-71(113)60(35(2)24-56(96)97)88-69(111)50(34-90)82-55(95)32-77-63(105)46(28-57(98)99)83-62(104)36(3)79-65(107)47(29-58(100)101)85-64(106)43(21-16-23-73)80-54(94)33-78-70(61)112/h12-15,17-20,31,35-37,43-50,60-61,76,90H,5-11,16,21-30,32-34,73-74H2,1-4H3,(H2,75,92)(H,77,105)(H,78,112)(H,79,107)(H,80,94)(H,81,93)(H,82,95)(H,83,104)(H,84,108)(H,85,106)(H,86,109)(H,87,113)(H,88,111)(H,89,110)(H,96,97)(H,98,99)(H,100,101)(H,102,103)/t35?,36-,37-,43+,44+,45-,46+,47+,48+,49+,50-,60?,61+/m1/s1. The predicted molar refractivity (Wildman–Crippen MR) is 400 cm³/mol. The number of cyclic esters (lactones) is 1. The lowest BCUT2D eigenvalue weighted by molar-refractivity contribution is -0.156. The van der Waals surface area contributed by atoms with Gasteiger partial charge in [-0.15, -0.1) is 0 Å². The highest BCUT2D eigenvalue weighted by Crippen LogP contribution is 2.22. The highest BCUT2D eigenvalue weighted by molar-refractivity contribution is 6.05. The summed E-state index contributed by atoms with van der Waals surface area (Å²) in [6, 6.07) is -10.5. The average Bonchev–Trinajstić information content (AvgIpc) is 1.72. The van der Waals surface area contributed by atoms with Crippen molar-refractivity contribution >= 4 is 135 Å². The van der Waals surface area contributed by atoms with Gasteiger partial charge in [0.1, 0.15) is 72.6 Å². The summed E-state index contributed by atoms with van der Waals surface area (Å²) in [5, 5.41) is 78.7. The number of anilines is 1. The van der Waals surface area contributed by atoms with Gasteiger partial charge < -0.3 is 122 Å². The summed E-state index contributed by atoms with van der Waals surface area (Å²) in [5.74, 6) is -29.7. The number of hydrogen-bond donors (Lipinski definition) is 22. The number of primary amides is 1. The van der Waals surface area contributed by atoms with Crippen molar-refractivity contribution in [3.05, 3.63) is 65.9 Å². The lowest BCUT2D eigenvalue weighted by atomic mass is 9.96. The minimum Gasteiger partial charge on any atom is -0.481 e. The summed E-state index contributed by atoms with van der Waals surface area (Å²) in [5.41, 5.74) is 18.1. The first-order chi connectivity index (χ1) is 54.4. The largest absolute Gasteiger partial charge is 0.481 e. The van der Waals surface area contributed by atoms with Gasteiger partial charge in [0.05, 0.1) is 51.8 Å². The van der Waals surface area contributed by atoms with Crippen molar-refractivity contribution < 1.29 is 126 Å². The number of unbranched alkanes of at least 4 members (excludes halogenated alkanes) is 6. The fourth-order valence-electron chi connectivity index (χ4n) is 11.7. The number of nitrogen functional groups attached to an aromatic ring is 1. The van der Waals surface area contributed by atoms with Crippen molar-refractivity contribution in [3.63, 3.8) is 0 Å². The van der Waals surface area contributed by atoms with E-state index in [2.05, 4.69) is 65.1 Å². The molecule has 4 rings (SSSR count).